The molecule has 622 valence electrons. The molecule has 0 radical (unpaired) electrons. The Morgan fingerprint density at radius 2 is 0.795 bits per heavy atom. The Hall–Kier alpha value is -14.3. The second-order valence-electron chi connectivity index (χ2n) is 25.1. The summed E-state index contributed by atoms with van der Waals surface area (Å²) in [6, 6.07) is 50.2. The number of nitrogens with zero attached hydrogens (tertiary/aromatic N) is 18. The van der Waals surface area contributed by atoms with E-state index in [0.29, 0.717) is 88.0 Å². The molecule has 9 aromatic carbocycles. The summed E-state index contributed by atoms with van der Waals surface area (Å²) in [5.74, 6) is 0.234. The summed E-state index contributed by atoms with van der Waals surface area (Å²) in [7, 11) is -1.34. The minimum absolute atomic E-state index is 0.0450. The zero-order chi connectivity index (χ0) is 88.4. The molecule has 0 spiro atoms. The predicted octanol–water partition coefficient (Wildman–Crippen LogP) is 19.9. The molecule has 0 amide bonds. The number of aromatic nitrogens is 14. The monoisotopic (exact) mass is 1830 g/mol. The van der Waals surface area contributed by atoms with Crippen molar-refractivity contribution in [1.82, 2.24) is 68.1 Å². The van der Waals surface area contributed by atoms with Gasteiger partial charge < -0.3 is 44.4 Å². The van der Waals surface area contributed by atoms with Gasteiger partial charge in [-0.25, -0.2) is 54.5 Å². The lowest BCUT2D eigenvalue weighted by molar-refractivity contribution is -0.385. The van der Waals surface area contributed by atoms with E-state index in [-0.39, 0.29) is 49.3 Å². The summed E-state index contributed by atoms with van der Waals surface area (Å²) in [6.07, 6.45) is -6.09. The number of anilines is 3. The van der Waals surface area contributed by atoms with Gasteiger partial charge in [0.15, 0.2) is 0 Å². The van der Waals surface area contributed by atoms with E-state index in [2.05, 4.69) is 96.7 Å². The molecular weight excluding hydrogens is 1780 g/mol. The first-order valence-electron chi connectivity index (χ1n) is 34.4. The molecule has 0 bridgehead atoms. The first-order valence-corrected chi connectivity index (χ1v) is 36.4. The molecule has 29 nitrogen and oxygen atoms in total. The Balaban J connectivity index is 0.000000154. The quantitative estimate of drug-likeness (QED) is 0.0136. The Labute approximate surface area is 700 Å². The lowest BCUT2D eigenvalue weighted by atomic mass is 9.81. The van der Waals surface area contributed by atoms with Gasteiger partial charge >= 0.3 is 31.8 Å². The first-order chi connectivity index (χ1) is 57.8. The highest BCUT2D eigenvalue weighted by Crippen LogP contribution is 2.38. The topological polar surface area (TPSA) is 368 Å². The van der Waals surface area contributed by atoms with E-state index in [0.717, 1.165) is 59.7 Å². The highest BCUT2D eigenvalue weighted by molar-refractivity contribution is 9.11. The largest absolute Gasteiger partial charge is 0.488 e. The number of aromatic amines is 1. The summed E-state index contributed by atoms with van der Waals surface area (Å²) in [4.78, 5) is 75.1. The van der Waals surface area contributed by atoms with Crippen LogP contribution in [-0.2, 0) is 26.2 Å². The smallest absolute Gasteiger partial charge is 0.423 e. The van der Waals surface area contributed by atoms with Gasteiger partial charge in [0.1, 0.15) is 37.2 Å². The van der Waals surface area contributed by atoms with Gasteiger partial charge in [-0.3, -0.25) is 30.3 Å². The molecule has 0 fully saturated rings. The highest BCUT2D eigenvalue weighted by atomic mass is 79.9. The van der Waals surface area contributed by atoms with E-state index >= 15 is 0 Å². The molecule has 16 rings (SSSR count). The van der Waals surface area contributed by atoms with Gasteiger partial charge in [0.25, 0.3) is 17.1 Å². The van der Waals surface area contributed by atoms with Gasteiger partial charge in [-0.05, 0) is 89.9 Å². The number of rotatable bonds is 13. The van der Waals surface area contributed by atoms with Crippen LogP contribution in [0.5, 0.6) is 0 Å². The molecule has 0 aliphatic carbocycles. The third kappa shape index (κ3) is 24.9. The number of H-pyrrole nitrogens is 1. The number of nitrogens with two attached hydrogens (primary N) is 1. The van der Waals surface area contributed by atoms with E-state index in [9.17, 15) is 83.0 Å². The third-order valence-electron chi connectivity index (χ3n) is 16.5. The van der Waals surface area contributed by atoms with E-state index in [1.807, 2.05) is 66.7 Å². The van der Waals surface area contributed by atoms with Crippen LogP contribution in [0.15, 0.2) is 247 Å². The predicted molar refractivity (Wildman–Crippen MR) is 436 cm³/mol. The molecule has 0 saturated carbocycles. The fourth-order valence-corrected chi connectivity index (χ4v) is 12.5. The second-order valence-corrected chi connectivity index (χ2v) is 27.2. The molecule has 6 N–H and O–H groups in total. The number of nitro benzene ring substituents is 3. The maximum atomic E-state index is 13.0. The summed E-state index contributed by atoms with van der Waals surface area (Å²) < 4.78 is 156. The van der Waals surface area contributed by atoms with Crippen LogP contribution >= 0.6 is 43.5 Å². The van der Waals surface area contributed by atoms with Gasteiger partial charge in [0.2, 0.25) is 22.6 Å². The van der Waals surface area contributed by atoms with Crippen LogP contribution in [0.3, 0.4) is 0 Å². The molecule has 0 unspecified atom stereocenters. The molecule has 122 heavy (non-hydrogen) atoms. The Morgan fingerprint density at radius 3 is 1.19 bits per heavy atom. The van der Waals surface area contributed by atoms with Crippen LogP contribution < -0.4 is 16.5 Å². The SMILES string of the molecule is Nc1cc(-c2ccccc2)c2ncn(CC(F)(F)F)c2c1.O=[N+]([O-])c1cc(-c2ccccc2)c2ncn(CC(F)(F)F)c2c1.O=[N+]([O-])c1cc(Br)c2nc[nH]c2c1.O=[N+]([O-])c1cc(Br)c2ncn(CC(F)(F)F)c2c1.OB(O)c1ccccc1.[C-]#[N+]c1cnc(Cl)nc1.[C-]#[N+]c1cnc(Nc2cc(-c3ccccc3)c3ncn(CC(F)(F)F)c3c2)nc1. The Bertz CT molecular complexity index is 6440. The van der Waals surface area contributed by atoms with Crippen molar-refractivity contribution in [3.8, 4) is 33.4 Å². The number of benzene rings is 9. The summed E-state index contributed by atoms with van der Waals surface area (Å²) in [5.41, 5.74) is 15.4. The second kappa shape index (κ2) is 39.5. The maximum absolute atomic E-state index is 13.0. The average molecular weight is 1830 g/mol. The number of nitrogens with one attached hydrogen (secondary N) is 2. The lowest BCUT2D eigenvalue weighted by Crippen LogP contribution is -2.29. The zero-order valence-electron chi connectivity index (χ0n) is 61.6. The van der Waals surface area contributed by atoms with Crippen LogP contribution in [0.2, 0.25) is 5.28 Å². The third-order valence-corrected chi connectivity index (χ3v) is 17.9. The van der Waals surface area contributed by atoms with E-state index in [4.69, 9.17) is 40.5 Å². The number of non-ortho nitro benzene ring substituents is 3. The number of nitro groups is 3. The van der Waals surface area contributed by atoms with Gasteiger partial charge in [-0.15, -0.1) is 0 Å². The molecule has 7 aromatic heterocycles. The van der Waals surface area contributed by atoms with E-state index in [1.165, 1.54) is 74.1 Å². The van der Waals surface area contributed by atoms with Crippen molar-refractivity contribution in [1.29, 1.82) is 0 Å². The fraction of sp³-hybridized carbons (Fsp3) is 0.104. The van der Waals surface area contributed by atoms with Crippen LogP contribution in [-0.4, -0.2) is 125 Å². The lowest BCUT2D eigenvalue weighted by Gasteiger charge is -2.12. The highest BCUT2D eigenvalue weighted by Gasteiger charge is 2.33. The van der Waals surface area contributed by atoms with Crippen molar-refractivity contribution in [2.24, 2.45) is 0 Å². The van der Waals surface area contributed by atoms with Gasteiger partial charge in [0.05, 0.1) is 113 Å². The van der Waals surface area contributed by atoms with Crippen molar-refractivity contribution < 1.29 is 77.5 Å². The van der Waals surface area contributed by atoms with Crippen molar-refractivity contribution in [3.05, 3.63) is 306 Å². The molecule has 45 heteroatoms. The van der Waals surface area contributed by atoms with Crippen LogP contribution in [0, 0.1) is 43.5 Å². The van der Waals surface area contributed by atoms with Crippen molar-refractivity contribution in [3.63, 3.8) is 0 Å². The number of hydrogen-bond acceptors (Lipinski definition) is 19. The number of hydrogen-bond donors (Lipinski definition) is 5. The summed E-state index contributed by atoms with van der Waals surface area (Å²) in [5, 5.41) is 52.5. The minimum atomic E-state index is -4.44. The van der Waals surface area contributed by atoms with Crippen LogP contribution in [0.1, 0.15) is 0 Å². The van der Waals surface area contributed by atoms with Gasteiger partial charge in [-0.2, -0.15) is 52.7 Å². The number of fused-ring (bicyclic) bond motifs is 5. The average Bonchev–Trinajstić information content (AvgIpc) is 1.63. The molecule has 0 aliphatic rings. The van der Waals surface area contributed by atoms with Crippen LogP contribution in [0.4, 0.5) is 98.4 Å². The molecule has 0 atom stereocenters. The summed E-state index contributed by atoms with van der Waals surface area (Å²) >= 11 is 11.6. The van der Waals surface area contributed by atoms with Crippen molar-refractivity contribution >= 4 is 157 Å². The Morgan fingerprint density at radius 1 is 0.451 bits per heavy atom. The zero-order valence-corrected chi connectivity index (χ0v) is 65.5. The van der Waals surface area contributed by atoms with E-state index < -0.39 is 72.8 Å². The van der Waals surface area contributed by atoms with Crippen molar-refractivity contribution in [2.45, 2.75) is 50.9 Å². The normalized spacial score (nSPS) is 11.2. The Kier molecular flexibility index (Phi) is 29.1. The molecule has 0 saturated heterocycles. The maximum Gasteiger partial charge on any atom is 0.488 e. The van der Waals surface area contributed by atoms with Crippen molar-refractivity contribution in [2.75, 3.05) is 11.1 Å². The number of imidazole rings is 5. The van der Waals surface area contributed by atoms with Gasteiger partial charge in [-0.1, -0.05) is 121 Å². The minimum Gasteiger partial charge on any atom is -0.423 e. The van der Waals surface area contributed by atoms with Gasteiger partial charge in [0, 0.05) is 89.3 Å². The molecular formula is C77H53BBr2ClF12N21O8. The van der Waals surface area contributed by atoms with E-state index in [1.54, 1.807) is 72.8 Å². The number of nitrogen functional groups attached to an aromatic ring is 1. The number of halogens is 15. The first kappa shape index (κ1) is 90.0. The molecule has 0 aliphatic heterocycles. The fourth-order valence-electron chi connectivity index (χ4n) is 11.3. The number of alkyl halides is 12. The standard InChI is InChI=1S/C20H13F3N6.C15H10F3N3O2.C15H12F3N3.C9H5BrF3N3O2.C7H4BrN3O2.C6H7BO2.C5H2ClN3/c1-24-15-9-25-19(26-10-15)28-14-7-16(13-5-3-2-4-6-13)18-17(8-14)29(12-27-18)11-20(21,22)23;16-15(17,18)8-20-9-19-14-12(10-4-2-1-3-5-10)6-11(21(22)23)7-13(14)20;16-15(17,18)8-21-9-20-14-12(6-11(19)7-13(14)21)10-4-2-1-3-5-10;10-6-1-5(16(17)18)2-7-8(6)14-4-15(7)3-9(11,12)13;8-5-1-4(11(12)13)2-6-7(5)10-3-9-6;8-7(9)6-4-2-1-3-5-6;1-7-4-2-8-5(6)9-3-4/h2-10,12H,11H2,(H,25,26,28);1-7,9H,8H2;1-7,9H,8,19H2;1-2,4H,3H2;1-3H,(H,9,10);1-5,8-9H;2-3H. The molecule has 7 heterocycles. The van der Waals surface area contributed by atoms with Crippen LogP contribution in [0.25, 0.3) is 98.2 Å². The summed E-state index contributed by atoms with van der Waals surface area (Å²) in [6.45, 7) is 8.75. The molecule has 16 aromatic rings.